The summed E-state index contributed by atoms with van der Waals surface area (Å²) in [7, 11) is 0. The maximum absolute atomic E-state index is 10.6. The van der Waals surface area contributed by atoms with Crippen molar-refractivity contribution in [1.29, 1.82) is 0 Å². The summed E-state index contributed by atoms with van der Waals surface area (Å²) in [6, 6.07) is 0. The second-order valence-electron chi connectivity index (χ2n) is 3.31. The van der Waals surface area contributed by atoms with Gasteiger partial charge in [0.1, 0.15) is 0 Å². The van der Waals surface area contributed by atoms with Crippen molar-refractivity contribution >= 4 is 17.7 Å². The lowest BCUT2D eigenvalue weighted by atomic mass is 10.1. The van der Waals surface area contributed by atoms with Gasteiger partial charge in [-0.15, -0.1) is 0 Å². The monoisotopic (exact) mass is 173 g/mol. The second-order valence-corrected chi connectivity index (χ2v) is 4.99. The molecular formula is C8H15NOS. The molecular weight excluding hydrogens is 158 g/mol. The summed E-state index contributed by atoms with van der Waals surface area (Å²) in [5, 5.41) is 2.87. The van der Waals surface area contributed by atoms with E-state index in [0.717, 1.165) is 6.54 Å². The van der Waals surface area contributed by atoms with Gasteiger partial charge < -0.3 is 5.32 Å². The first kappa shape index (κ1) is 8.91. The Morgan fingerprint density at radius 1 is 1.73 bits per heavy atom. The number of rotatable bonds is 2. The Balaban J connectivity index is 2.28. The Morgan fingerprint density at radius 2 is 2.45 bits per heavy atom. The number of hydrogen-bond donors (Lipinski definition) is 1. The molecule has 2 nitrogen and oxygen atoms in total. The molecule has 3 heteroatoms. The van der Waals surface area contributed by atoms with Crippen LogP contribution in [-0.2, 0) is 4.79 Å². The highest BCUT2D eigenvalue weighted by molar-refractivity contribution is 8.00. The van der Waals surface area contributed by atoms with Crippen molar-refractivity contribution in [2.75, 3.05) is 12.3 Å². The summed E-state index contributed by atoms with van der Waals surface area (Å²) < 4.78 is 0.311. The number of hydrogen-bond acceptors (Lipinski definition) is 2. The molecule has 1 atom stereocenters. The van der Waals surface area contributed by atoms with E-state index in [9.17, 15) is 4.79 Å². The summed E-state index contributed by atoms with van der Waals surface area (Å²) in [5.41, 5.74) is 0. The minimum Gasteiger partial charge on any atom is -0.355 e. The van der Waals surface area contributed by atoms with Gasteiger partial charge in [-0.2, -0.15) is 11.8 Å². The lowest BCUT2D eigenvalue weighted by molar-refractivity contribution is -0.119. The van der Waals surface area contributed by atoms with E-state index in [1.165, 1.54) is 18.6 Å². The van der Waals surface area contributed by atoms with Crippen LogP contribution in [-0.4, -0.2) is 23.0 Å². The van der Waals surface area contributed by atoms with Crippen LogP contribution in [0.2, 0.25) is 0 Å². The highest BCUT2D eigenvalue weighted by Gasteiger charge is 2.29. The van der Waals surface area contributed by atoms with Gasteiger partial charge in [-0.3, -0.25) is 4.79 Å². The second kappa shape index (κ2) is 3.48. The van der Waals surface area contributed by atoms with E-state index in [2.05, 4.69) is 12.2 Å². The fourth-order valence-corrected chi connectivity index (χ4v) is 2.53. The van der Waals surface area contributed by atoms with E-state index < -0.39 is 0 Å². The zero-order valence-corrected chi connectivity index (χ0v) is 7.96. The third-order valence-corrected chi connectivity index (χ3v) is 3.55. The van der Waals surface area contributed by atoms with Gasteiger partial charge in [0.15, 0.2) is 0 Å². The number of amides is 1. The van der Waals surface area contributed by atoms with Crippen LogP contribution >= 0.6 is 11.8 Å². The van der Waals surface area contributed by atoms with Gasteiger partial charge in [0.05, 0.1) is 0 Å². The van der Waals surface area contributed by atoms with Gasteiger partial charge in [-0.1, -0.05) is 0 Å². The molecule has 1 fully saturated rings. The van der Waals surface area contributed by atoms with E-state index in [0.29, 0.717) is 4.75 Å². The van der Waals surface area contributed by atoms with Crippen LogP contribution < -0.4 is 5.32 Å². The highest BCUT2D eigenvalue weighted by Crippen LogP contribution is 2.36. The SMILES string of the molecule is CC(=O)NCC1(C)CCCS1. The molecule has 1 heterocycles. The zero-order chi connectivity index (χ0) is 8.32. The smallest absolute Gasteiger partial charge is 0.216 e. The van der Waals surface area contributed by atoms with E-state index in [-0.39, 0.29) is 5.91 Å². The molecule has 1 aliphatic heterocycles. The molecule has 0 bridgehead atoms. The van der Waals surface area contributed by atoms with Gasteiger partial charge in [0.2, 0.25) is 5.91 Å². The van der Waals surface area contributed by atoms with Gasteiger partial charge >= 0.3 is 0 Å². The summed E-state index contributed by atoms with van der Waals surface area (Å²) >= 11 is 1.97. The maximum Gasteiger partial charge on any atom is 0.216 e. The molecule has 0 spiro atoms. The molecule has 0 aliphatic carbocycles. The Morgan fingerprint density at radius 3 is 2.91 bits per heavy atom. The Bertz CT molecular complexity index is 152. The zero-order valence-electron chi connectivity index (χ0n) is 7.14. The van der Waals surface area contributed by atoms with E-state index in [1.54, 1.807) is 6.92 Å². The molecule has 1 rings (SSSR count). The molecule has 64 valence electrons. The van der Waals surface area contributed by atoms with E-state index in [1.807, 2.05) is 11.8 Å². The maximum atomic E-state index is 10.6. The van der Waals surface area contributed by atoms with Gasteiger partial charge in [0, 0.05) is 18.2 Å². The molecule has 1 aliphatic rings. The first-order valence-corrected chi connectivity index (χ1v) is 4.99. The summed E-state index contributed by atoms with van der Waals surface area (Å²) in [4.78, 5) is 10.6. The standard InChI is InChI=1S/C8H15NOS/c1-7(10)9-6-8(2)4-3-5-11-8/h3-6H2,1-2H3,(H,9,10). The van der Waals surface area contributed by atoms with Crippen molar-refractivity contribution in [3.8, 4) is 0 Å². The topological polar surface area (TPSA) is 29.1 Å². The van der Waals surface area contributed by atoms with Crippen LogP contribution in [0.4, 0.5) is 0 Å². The minimum absolute atomic E-state index is 0.0822. The molecule has 0 aromatic heterocycles. The molecule has 11 heavy (non-hydrogen) atoms. The van der Waals surface area contributed by atoms with Crippen LogP contribution in [0, 0.1) is 0 Å². The van der Waals surface area contributed by atoms with Crippen molar-refractivity contribution in [2.45, 2.75) is 31.4 Å². The fraction of sp³-hybridized carbons (Fsp3) is 0.875. The average Bonchev–Trinajstić information content (AvgIpc) is 2.33. The van der Waals surface area contributed by atoms with Crippen molar-refractivity contribution in [2.24, 2.45) is 0 Å². The predicted molar refractivity (Wildman–Crippen MR) is 48.8 cm³/mol. The van der Waals surface area contributed by atoms with Crippen molar-refractivity contribution in [1.82, 2.24) is 5.32 Å². The molecule has 1 unspecified atom stereocenters. The lowest BCUT2D eigenvalue weighted by Crippen LogP contribution is -2.35. The molecule has 0 aromatic rings. The van der Waals surface area contributed by atoms with Gasteiger partial charge in [-0.05, 0) is 25.5 Å². The number of carbonyl (C=O) groups is 1. The molecule has 1 amide bonds. The Kier molecular flexibility index (Phi) is 2.82. The summed E-state index contributed by atoms with van der Waals surface area (Å²) in [6.07, 6.45) is 2.53. The largest absolute Gasteiger partial charge is 0.355 e. The van der Waals surface area contributed by atoms with Crippen molar-refractivity contribution in [3.05, 3.63) is 0 Å². The summed E-state index contributed by atoms with van der Waals surface area (Å²) in [6.45, 7) is 4.62. The highest BCUT2D eigenvalue weighted by atomic mass is 32.2. The average molecular weight is 173 g/mol. The molecule has 0 saturated carbocycles. The fourth-order valence-electron chi connectivity index (χ4n) is 1.29. The number of carbonyl (C=O) groups excluding carboxylic acids is 1. The van der Waals surface area contributed by atoms with Crippen LogP contribution in [0.3, 0.4) is 0 Å². The quantitative estimate of drug-likeness (QED) is 0.684. The predicted octanol–water partition coefficient (Wildman–Crippen LogP) is 1.41. The number of nitrogens with one attached hydrogen (secondary N) is 1. The van der Waals surface area contributed by atoms with Gasteiger partial charge in [0.25, 0.3) is 0 Å². The third kappa shape index (κ3) is 2.73. The minimum atomic E-state index is 0.0822. The molecule has 0 aromatic carbocycles. The van der Waals surface area contributed by atoms with Crippen LogP contribution in [0.25, 0.3) is 0 Å². The van der Waals surface area contributed by atoms with Crippen LogP contribution in [0.1, 0.15) is 26.7 Å². The van der Waals surface area contributed by atoms with Crippen LogP contribution in [0.5, 0.6) is 0 Å². The van der Waals surface area contributed by atoms with Crippen LogP contribution in [0.15, 0.2) is 0 Å². The number of thioether (sulfide) groups is 1. The van der Waals surface area contributed by atoms with Crippen molar-refractivity contribution < 1.29 is 4.79 Å². The van der Waals surface area contributed by atoms with E-state index >= 15 is 0 Å². The Hall–Kier alpha value is -0.180. The molecule has 1 saturated heterocycles. The lowest BCUT2D eigenvalue weighted by Gasteiger charge is -2.22. The summed E-state index contributed by atoms with van der Waals surface area (Å²) in [5.74, 6) is 1.33. The normalized spacial score (nSPS) is 30.4. The van der Waals surface area contributed by atoms with Crippen molar-refractivity contribution in [3.63, 3.8) is 0 Å². The Labute approximate surface area is 72.1 Å². The first-order chi connectivity index (χ1) is 5.12. The third-order valence-electron chi connectivity index (χ3n) is 2.01. The molecule has 1 N–H and O–H groups in total. The van der Waals surface area contributed by atoms with Gasteiger partial charge in [-0.25, -0.2) is 0 Å². The molecule has 0 radical (unpaired) electrons. The first-order valence-electron chi connectivity index (χ1n) is 4.01. The van der Waals surface area contributed by atoms with E-state index in [4.69, 9.17) is 0 Å².